The second kappa shape index (κ2) is 6.48. The van der Waals surface area contributed by atoms with E-state index < -0.39 is 6.10 Å². The zero-order chi connectivity index (χ0) is 13.8. The van der Waals surface area contributed by atoms with E-state index in [0.717, 1.165) is 4.47 Å². The number of anilines is 1. The number of ether oxygens (including phenoxy) is 1. The van der Waals surface area contributed by atoms with E-state index in [1.54, 1.807) is 11.1 Å². The first-order valence-corrected chi connectivity index (χ1v) is 7.45. The van der Waals surface area contributed by atoms with Gasteiger partial charge in [0.05, 0.1) is 6.61 Å². The van der Waals surface area contributed by atoms with Crippen LogP contribution in [-0.4, -0.2) is 30.1 Å². The molecule has 1 amide bonds. The van der Waals surface area contributed by atoms with Crippen LogP contribution >= 0.6 is 15.9 Å². The molecule has 1 aliphatic rings. The fourth-order valence-electron chi connectivity index (χ4n) is 1.81. The molecule has 19 heavy (non-hydrogen) atoms. The van der Waals surface area contributed by atoms with Crippen LogP contribution < -0.4 is 4.90 Å². The Morgan fingerprint density at radius 3 is 2.84 bits per heavy atom. The van der Waals surface area contributed by atoms with E-state index >= 15 is 0 Å². The summed E-state index contributed by atoms with van der Waals surface area (Å²) in [6.45, 7) is 5.03. The number of nitrogens with zero attached hydrogens (tertiary/aromatic N) is 2. The molecule has 5 heteroatoms. The lowest BCUT2D eigenvalue weighted by Gasteiger charge is -2.23. The quantitative estimate of drug-likeness (QED) is 0.807. The van der Waals surface area contributed by atoms with E-state index in [2.05, 4.69) is 20.9 Å². The molecule has 0 N–H and O–H groups in total. The number of hydrogen-bond donors (Lipinski definition) is 0. The Balaban J connectivity index is 1.98. The predicted molar refractivity (Wildman–Crippen MR) is 78.1 cm³/mol. The van der Waals surface area contributed by atoms with E-state index in [0.29, 0.717) is 24.9 Å². The van der Waals surface area contributed by atoms with E-state index in [1.807, 2.05) is 26.0 Å². The van der Waals surface area contributed by atoms with Gasteiger partial charge >= 0.3 is 0 Å². The van der Waals surface area contributed by atoms with Crippen LogP contribution in [0.5, 0.6) is 0 Å². The van der Waals surface area contributed by atoms with Crippen molar-refractivity contribution in [2.75, 3.05) is 18.1 Å². The van der Waals surface area contributed by atoms with E-state index in [1.165, 1.54) is 12.8 Å². The molecular weight excluding hydrogens is 308 g/mol. The van der Waals surface area contributed by atoms with Gasteiger partial charge in [-0.2, -0.15) is 0 Å². The smallest absolute Gasteiger partial charge is 0.256 e. The van der Waals surface area contributed by atoms with E-state index in [9.17, 15) is 4.79 Å². The third-order valence-electron chi connectivity index (χ3n) is 3.20. The maximum absolute atomic E-state index is 12.3. The molecule has 0 spiro atoms. The molecule has 104 valence electrons. The molecule has 1 aromatic heterocycles. The van der Waals surface area contributed by atoms with Gasteiger partial charge in [-0.15, -0.1) is 0 Å². The van der Waals surface area contributed by atoms with Crippen molar-refractivity contribution in [1.29, 1.82) is 0 Å². The summed E-state index contributed by atoms with van der Waals surface area (Å²) in [5.74, 6) is 1.30. The normalized spacial score (nSPS) is 16.2. The minimum atomic E-state index is -0.411. The maximum Gasteiger partial charge on any atom is 0.256 e. The Hall–Kier alpha value is -0.940. The van der Waals surface area contributed by atoms with Gasteiger partial charge in [-0.1, -0.05) is 0 Å². The molecule has 0 radical (unpaired) electrons. The first-order valence-electron chi connectivity index (χ1n) is 6.66. The fourth-order valence-corrected chi connectivity index (χ4v) is 2.05. The Morgan fingerprint density at radius 1 is 1.58 bits per heavy atom. The zero-order valence-corrected chi connectivity index (χ0v) is 12.9. The Kier molecular flexibility index (Phi) is 4.93. The minimum Gasteiger partial charge on any atom is -0.368 e. The molecule has 1 atom stereocenters. The summed E-state index contributed by atoms with van der Waals surface area (Å²) in [6, 6.07) is 3.72. The largest absolute Gasteiger partial charge is 0.368 e. The number of halogens is 1. The monoisotopic (exact) mass is 326 g/mol. The maximum atomic E-state index is 12.3. The summed E-state index contributed by atoms with van der Waals surface area (Å²) < 4.78 is 6.53. The summed E-state index contributed by atoms with van der Waals surface area (Å²) in [7, 11) is 0. The first kappa shape index (κ1) is 14.5. The molecule has 1 fully saturated rings. The SMILES string of the molecule is CCN(C(=O)[C@@H](C)OCC1CC1)c1ccc(Br)cn1. The Bertz CT molecular complexity index is 432. The van der Waals surface area contributed by atoms with Gasteiger partial charge in [0.2, 0.25) is 0 Å². The third-order valence-corrected chi connectivity index (χ3v) is 3.67. The van der Waals surface area contributed by atoms with Crippen molar-refractivity contribution in [3.05, 3.63) is 22.8 Å². The summed E-state index contributed by atoms with van der Waals surface area (Å²) in [5, 5.41) is 0. The van der Waals surface area contributed by atoms with E-state index in [4.69, 9.17) is 4.74 Å². The van der Waals surface area contributed by atoms with Crippen molar-refractivity contribution in [2.45, 2.75) is 32.8 Å². The molecule has 1 aliphatic carbocycles. The summed E-state index contributed by atoms with van der Waals surface area (Å²) in [5.41, 5.74) is 0. The molecule has 0 unspecified atom stereocenters. The van der Waals surface area contributed by atoms with Gasteiger partial charge in [0.1, 0.15) is 11.9 Å². The molecule has 1 aromatic rings. The van der Waals surface area contributed by atoms with Gasteiger partial charge in [-0.25, -0.2) is 4.98 Å². The Labute approximate surface area is 122 Å². The van der Waals surface area contributed by atoms with Crippen LogP contribution in [0, 0.1) is 5.92 Å². The molecule has 0 aromatic carbocycles. The van der Waals surface area contributed by atoms with Crippen molar-refractivity contribution in [3.8, 4) is 0 Å². The first-order chi connectivity index (χ1) is 9.11. The number of likely N-dealkylation sites (N-methyl/N-ethyl adjacent to an activating group) is 1. The highest BCUT2D eigenvalue weighted by Crippen LogP contribution is 2.29. The van der Waals surface area contributed by atoms with Crippen LogP contribution in [0.2, 0.25) is 0 Å². The van der Waals surface area contributed by atoms with Crippen LogP contribution in [0.15, 0.2) is 22.8 Å². The van der Waals surface area contributed by atoms with Crippen LogP contribution in [0.25, 0.3) is 0 Å². The number of amides is 1. The highest BCUT2D eigenvalue weighted by atomic mass is 79.9. The highest BCUT2D eigenvalue weighted by Gasteiger charge is 2.26. The molecule has 0 aliphatic heterocycles. The van der Waals surface area contributed by atoms with Crippen molar-refractivity contribution in [3.63, 3.8) is 0 Å². The summed E-state index contributed by atoms with van der Waals surface area (Å²) >= 11 is 3.34. The summed E-state index contributed by atoms with van der Waals surface area (Å²) in [6.07, 6.45) is 3.74. The number of pyridine rings is 1. The van der Waals surface area contributed by atoms with Crippen LogP contribution in [0.1, 0.15) is 26.7 Å². The van der Waals surface area contributed by atoms with Crippen LogP contribution in [0.4, 0.5) is 5.82 Å². The van der Waals surface area contributed by atoms with Crippen molar-refractivity contribution >= 4 is 27.7 Å². The van der Waals surface area contributed by atoms with Crippen molar-refractivity contribution in [1.82, 2.24) is 4.98 Å². The van der Waals surface area contributed by atoms with Crippen molar-refractivity contribution < 1.29 is 9.53 Å². The topological polar surface area (TPSA) is 42.4 Å². The molecule has 1 saturated carbocycles. The van der Waals surface area contributed by atoms with Gasteiger partial charge in [0, 0.05) is 17.2 Å². The molecular formula is C14H19BrN2O2. The minimum absolute atomic E-state index is 0.0297. The second-order valence-electron chi connectivity index (χ2n) is 4.84. The number of aromatic nitrogens is 1. The zero-order valence-electron chi connectivity index (χ0n) is 11.3. The second-order valence-corrected chi connectivity index (χ2v) is 5.75. The number of carbonyl (C=O) groups is 1. The van der Waals surface area contributed by atoms with Gasteiger partial charge in [-0.3, -0.25) is 9.69 Å². The van der Waals surface area contributed by atoms with Gasteiger partial charge in [0.25, 0.3) is 5.91 Å². The van der Waals surface area contributed by atoms with E-state index in [-0.39, 0.29) is 5.91 Å². The standard InChI is InChI=1S/C14H19BrN2O2/c1-3-17(13-7-6-12(15)8-16-13)14(18)10(2)19-9-11-4-5-11/h6-8,10-11H,3-5,9H2,1-2H3/t10-/m1/s1. The highest BCUT2D eigenvalue weighted by molar-refractivity contribution is 9.10. The third kappa shape index (κ3) is 4.01. The predicted octanol–water partition coefficient (Wildman–Crippen LogP) is 3.01. The average molecular weight is 327 g/mol. The lowest BCUT2D eigenvalue weighted by molar-refractivity contribution is -0.129. The van der Waals surface area contributed by atoms with Gasteiger partial charge in [0.15, 0.2) is 0 Å². The van der Waals surface area contributed by atoms with Gasteiger partial charge in [-0.05, 0) is 60.7 Å². The lowest BCUT2D eigenvalue weighted by Crippen LogP contribution is -2.39. The molecule has 0 bridgehead atoms. The number of hydrogen-bond acceptors (Lipinski definition) is 3. The molecule has 4 nitrogen and oxygen atoms in total. The average Bonchev–Trinajstić information content (AvgIpc) is 3.23. The number of carbonyl (C=O) groups excluding carboxylic acids is 1. The van der Waals surface area contributed by atoms with Gasteiger partial charge < -0.3 is 4.74 Å². The molecule has 2 rings (SSSR count). The Morgan fingerprint density at radius 2 is 2.32 bits per heavy atom. The van der Waals surface area contributed by atoms with Crippen molar-refractivity contribution in [2.24, 2.45) is 5.92 Å². The molecule has 1 heterocycles. The fraction of sp³-hybridized carbons (Fsp3) is 0.571. The summed E-state index contributed by atoms with van der Waals surface area (Å²) in [4.78, 5) is 18.3. The lowest BCUT2D eigenvalue weighted by atomic mass is 10.3. The number of rotatable bonds is 6. The van der Waals surface area contributed by atoms with Crippen LogP contribution in [0.3, 0.4) is 0 Å². The molecule has 0 saturated heterocycles. The van der Waals surface area contributed by atoms with Crippen LogP contribution in [-0.2, 0) is 9.53 Å².